The lowest BCUT2D eigenvalue weighted by Crippen LogP contribution is -2.47. The molecule has 0 aliphatic carbocycles. The fourth-order valence-electron chi connectivity index (χ4n) is 3.75. The summed E-state index contributed by atoms with van der Waals surface area (Å²) in [5.41, 5.74) is 1.70. The zero-order valence-electron chi connectivity index (χ0n) is 23.8. The van der Waals surface area contributed by atoms with Gasteiger partial charge in [0.2, 0.25) is 5.91 Å². The first kappa shape index (κ1) is 38.1. The molecular formula is C27H24ClF10N3O5. The van der Waals surface area contributed by atoms with Crippen molar-refractivity contribution in [2.75, 3.05) is 19.5 Å². The molecule has 0 fully saturated rings. The van der Waals surface area contributed by atoms with Gasteiger partial charge in [0.05, 0.1) is 26.5 Å². The molecule has 0 aromatic heterocycles. The molecule has 1 unspecified atom stereocenters. The highest BCUT2D eigenvalue weighted by atomic mass is 35.5. The number of rotatable bonds is 9. The average Bonchev–Trinajstić information content (AvgIpc) is 2.97. The van der Waals surface area contributed by atoms with Gasteiger partial charge >= 0.3 is 35.3 Å². The summed E-state index contributed by atoms with van der Waals surface area (Å²) >= 11 is 3.95. The highest BCUT2D eigenvalue weighted by Gasteiger charge is 2.64. The number of methoxy groups -OCH3 is 2. The number of anilines is 1. The van der Waals surface area contributed by atoms with E-state index in [9.17, 15) is 58.3 Å². The van der Waals surface area contributed by atoms with E-state index in [0.717, 1.165) is 5.56 Å². The van der Waals surface area contributed by atoms with Crippen LogP contribution in [0, 0.1) is 5.92 Å². The fourth-order valence-corrected chi connectivity index (χ4v) is 3.85. The molecule has 0 spiro atoms. The second-order valence-electron chi connectivity index (χ2n) is 9.38. The molecule has 1 aliphatic rings. The van der Waals surface area contributed by atoms with Crippen LogP contribution in [0.4, 0.5) is 49.6 Å². The smallest absolute Gasteiger partial charge is 0.463 e. The van der Waals surface area contributed by atoms with Crippen LogP contribution in [-0.4, -0.2) is 66.2 Å². The summed E-state index contributed by atoms with van der Waals surface area (Å²) in [6.45, 7) is 1.97. The molecule has 1 atom stereocenters. The number of hydrogen-bond donors (Lipinski definition) is 1. The summed E-state index contributed by atoms with van der Waals surface area (Å²) in [7, 11) is 3.03. The number of carbonyl (C=O) groups is 3. The van der Waals surface area contributed by atoms with Crippen molar-refractivity contribution >= 4 is 40.1 Å². The lowest BCUT2D eigenvalue weighted by molar-refractivity contribution is -0.267. The minimum absolute atomic E-state index is 0.0268. The van der Waals surface area contributed by atoms with E-state index < -0.39 is 35.3 Å². The van der Waals surface area contributed by atoms with Crippen LogP contribution in [0.25, 0.3) is 0 Å². The number of carbonyl (C=O) groups excluding carboxylic acids is 3. The first-order valence-electron chi connectivity index (χ1n) is 12.7. The van der Waals surface area contributed by atoms with Gasteiger partial charge in [-0.25, -0.2) is 5.01 Å². The second kappa shape index (κ2) is 14.6. The van der Waals surface area contributed by atoms with E-state index in [0.29, 0.717) is 29.2 Å². The Morgan fingerprint density at radius 1 is 0.891 bits per heavy atom. The third kappa shape index (κ3) is 8.79. The Labute approximate surface area is 259 Å². The van der Waals surface area contributed by atoms with E-state index in [2.05, 4.69) is 16.7 Å². The quantitative estimate of drug-likeness (QED) is 0.226. The van der Waals surface area contributed by atoms with Gasteiger partial charge in [-0.3, -0.25) is 14.4 Å². The van der Waals surface area contributed by atoms with Crippen LogP contribution in [0.1, 0.15) is 30.9 Å². The first-order chi connectivity index (χ1) is 21.1. The maximum atomic E-state index is 13.2. The number of alkyl halides is 10. The molecule has 46 heavy (non-hydrogen) atoms. The first-order valence-corrected chi connectivity index (χ1v) is 13.1. The molecule has 2 aromatic rings. The number of hydrogen-bond acceptors (Lipinski definition) is 6. The Hall–Kier alpha value is -4.09. The van der Waals surface area contributed by atoms with Crippen molar-refractivity contribution in [1.82, 2.24) is 5.01 Å². The number of hydrazone groups is 1. The second-order valence-corrected chi connectivity index (χ2v) is 9.73. The molecule has 0 saturated heterocycles. The van der Waals surface area contributed by atoms with E-state index in [1.807, 2.05) is 13.0 Å². The normalized spacial score (nSPS) is 15.8. The van der Waals surface area contributed by atoms with Gasteiger partial charge in [-0.1, -0.05) is 19.1 Å². The summed E-state index contributed by atoms with van der Waals surface area (Å²) in [5.74, 6) is -12.8. The summed E-state index contributed by atoms with van der Waals surface area (Å²) in [6.07, 6.45) is -11.0. The van der Waals surface area contributed by atoms with Crippen molar-refractivity contribution in [1.29, 1.82) is 0 Å². The average molecular weight is 696 g/mol. The maximum Gasteiger partial charge on any atom is 0.463 e. The highest BCUT2D eigenvalue weighted by Crippen LogP contribution is 2.38. The van der Waals surface area contributed by atoms with Crippen molar-refractivity contribution < 1.29 is 67.8 Å². The van der Waals surface area contributed by atoms with Crippen LogP contribution in [-0.2, 0) is 20.9 Å². The van der Waals surface area contributed by atoms with Gasteiger partial charge in [0.1, 0.15) is 0 Å². The highest BCUT2D eigenvalue weighted by molar-refractivity contribution is 6.65. The van der Waals surface area contributed by atoms with E-state index in [1.165, 1.54) is 43.5 Å². The van der Waals surface area contributed by atoms with Gasteiger partial charge in [-0.2, -0.15) is 49.0 Å². The molecule has 2 aromatic carbocycles. The van der Waals surface area contributed by atoms with Gasteiger partial charge in [0.15, 0.2) is 11.5 Å². The lowest BCUT2D eigenvalue weighted by Gasteiger charge is -2.29. The number of nitrogens with one attached hydrogen (secondary N) is 1. The molecular weight excluding hydrogens is 672 g/mol. The summed E-state index contributed by atoms with van der Waals surface area (Å²) in [4.78, 5) is 33.5. The molecule has 0 bridgehead atoms. The van der Waals surface area contributed by atoms with E-state index in [-0.39, 0.29) is 30.5 Å². The molecule has 254 valence electrons. The van der Waals surface area contributed by atoms with Gasteiger partial charge in [-0.05, 0) is 53.9 Å². The maximum absolute atomic E-state index is 13.2. The number of ether oxygens (including phenoxy) is 2. The van der Waals surface area contributed by atoms with Crippen LogP contribution < -0.4 is 14.8 Å². The Morgan fingerprint density at radius 3 is 1.87 bits per heavy atom. The summed E-state index contributed by atoms with van der Waals surface area (Å²) < 4.78 is 130. The largest absolute Gasteiger partial charge is 0.493 e. The molecule has 1 aliphatic heterocycles. The Kier molecular flexibility index (Phi) is 12.1. The molecule has 1 N–H and O–H groups in total. The van der Waals surface area contributed by atoms with Crippen LogP contribution in [0.2, 0.25) is 0 Å². The van der Waals surface area contributed by atoms with Gasteiger partial charge < -0.3 is 14.8 Å². The monoisotopic (exact) mass is 695 g/mol. The molecule has 3 rings (SSSR count). The number of benzene rings is 2. The molecule has 0 saturated carbocycles. The zero-order chi connectivity index (χ0) is 35.3. The standard InChI is InChI=1S/C24H24F5N3O4.C3ClF5O/c1-4-15-12-20(33)32(31-21(15)16-7-10-18(35-2)19(11-16)36-3)13-14-5-8-17(9-6-14)30-22(34)23(25,26)24(27,28)29;4-1(10)2(5,6)3(7,8)9/h5-11,15H,4,12-13H2,1-3H3,(H,30,34);. The Morgan fingerprint density at radius 2 is 1.43 bits per heavy atom. The Balaban J connectivity index is 0.000000634. The van der Waals surface area contributed by atoms with Crippen LogP contribution in [0.5, 0.6) is 11.5 Å². The summed E-state index contributed by atoms with van der Waals surface area (Å²) in [5, 5.41) is 4.65. The van der Waals surface area contributed by atoms with Gasteiger partial charge in [-0.15, -0.1) is 0 Å². The lowest BCUT2D eigenvalue weighted by atomic mass is 9.89. The van der Waals surface area contributed by atoms with Crippen molar-refractivity contribution in [2.24, 2.45) is 11.0 Å². The molecule has 1 heterocycles. The Bertz CT molecular complexity index is 1450. The van der Waals surface area contributed by atoms with Gasteiger partial charge in [0, 0.05) is 23.6 Å². The van der Waals surface area contributed by atoms with E-state index in [1.54, 1.807) is 17.4 Å². The van der Waals surface area contributed by atoms with Crippen LogP contribution in [0.15, 0.2) is 47.6 Å². The van der Waals surface area contributed by atoms with Crippen LogP contribution in [0.3, 0.4) is 0 Å². The van der Waals surface area contributed by atoms with Crippen molar-refractivity contribution in [3.8, 4) is 11.5 Å². The number of nitrogens with zero attached hydrogens (tertiary/aromatic N) is 2. The SMILES string of the molecule is CCC1CC(=O)N(Cc2ccc(NC(=O)C(F)(F)C(F)(F)F)cc2)N=C1c1ccc(OC)c(OC)c1.O=C(Cl)C(F)(F)C(F)(F)F. The van der Waals surface area contributed by atoms with E-state index in [4.69, 9.17) is 9.47 Å². The topological polar surface area (TPSA) is 97.3 Å². The minimum Gasteiger partial charge on any atom is -0.493 e. The number of amides is 2. The predicted octanol–water partition coefficient (Wildman–Crippen LogP) is 6.95. The van der Waals surface area contributed by atoms with Crippen molar-refractivity contribution in [2.45, 2.75) is 50.5 Å². The van der Waals surface area contributed by atoms with Crippen molar-refractivity contribution in [3.63, 3.8) is 0 Å². The minimum atomic E-state index is -6.01. The molecule has 0 radical (unpaired) electrons. The van der Waals surface area contributed by atoms with Gasteiger partial charge in [0.25, 0.3) is 0 Å². The summed E-state index contributed by atoms with van der Waals surface area (Å²) in [6, 6.07) is 10.4. The van der Waals surface area contributed by atoms with Crippen molar-refractivity contribution in [3.05, 3.63) is 53.6 Å². The van der Waals surface area contributed by atoms with E-state index >= 15 is 0 Å². The third-order valence-electron chi connectivity index (χ3n) is 6.28. The zero-order valence-corrected chi connectivity index (χ0v) is 24.6. The molecule has 19 heteroatoms. The number of halogens is 11. The fraction of sp³-hybridized carbons (Fsp3) is 0.407. The van der Waals surface area contributed by atoms with Crippen LogP contribution >= 0.6 is 11.6 Å². The third-order valence-corrected chi connectivity index (χ3v) is 6.52. The molecule has 2 amide bonds. The molecule has 8 nitrogen and oxygen atoms in total. The predicted molar refractivity (Wildman–Crippen MR) is 143 cm³/mol.